The van der Waals surface area contributed by atoms with E-state index in [0.29, 0.717) is 11.5 Å². The van der Waals surface area contributed by atoms with Gasteiger partial charge in [0.25, 0.3) is 5.91 Å². The van der Waals surface area contributed by atoms with E-state index in [2.05, 4.69) is 26.2 Å². The highest BCUT2D eigenvalue weighted by Crippen LogP contribution is 2.14. The molecule has 0 radical (unpaired) electrons. The molecule has 2 aromatic heterocycles. The minimum atomic E-state index is -1.06. The van der Waals surface area contributed by atoms with Gasteiger partial charge >= 0.3 is 5.97 Å². The molecule has 0 spiro atoms. The van der Waals surface area contributed by atoms with E-state index in [1.165, 1.54) is 12.3 Å². The number of carbonyl (C=O) groups excluding carboxylic acids is 1. The van der Waals surface area contributed by atoms with E-state index in [-0.39, 0.29) is 23.7 Å². The molecule has 2 aromatic rings. The number of hydrogen-bond donors (Lipinski definition) is 2. The SMILES string of the molecule is Cc1oc(CNC(=O)c2ccc(Br)cn2)cc1C(=O)O. The summed E-state index contributed by atoms with van der Waals surface area (Å²) in [4.78, 5) is 26.6. The molecule has 0 aliphatic rings. The number of aryl methyl sites for hydroxylation is 1. The predicted octanol–water partition coefficient (Wildman–Crippen LogP) is 2.37. The first kappa shape index (κ1) is 14.3. The first-order chi connectivity index (χ1) is 9.47. The number of furan rings is 1. The Kier molecular flexibility index (Phi) is 4.19. The molecular weight excluding hydrogens is 328 g/mol. The maximum Gasteiger partial charge on any atom is 0.339 e. The lowest BCUT2D eigenvalue weighted by Gasteiger charge is -2.02. The molecule has 0 aliphatic heterocycles. The number of carbonyl (C=O) groups is 2. The summed E-state index contributed by atoms with van der Waals surface area (Å²) in [5.41, 5.74) is 0.367. The van der Waals surface area contributed by atoms with Crippen molar-refractivity contribution in [2.45, 2.75) is 13.5 Å². The van der Waals surface area contributed by atoms with Crippen LogP contribution in [0.15, 0.2) is 33.3 Å². The normalized spacial score (nSPS) is 10.3. The molecule has 1 amide bonds. The third-order valence-corrected chi connectivity index (χ3v) is 3.05. The van der Waals surface area contributed by atoms with Gasteiger partial charge in [0.2, 0.25) is 0 Å². The highest BCUT2D eigenvalue weighted by Gasteiger charge is 2.14. The van der Waals surface area contributed by atoms with Crippen LogP contribution < -0.4 is 5.32 Å². The number of aromatic nitrogens is 1. The Labute approximate surface area is 122 Å². The van der Waals surface area contributed by atoms with E-state index in [0.717, 1.165) is 4.47 Å². The van der Waals surface area contributed by atoms with Crippen LogP contribution in [0.25, 0.3) is 0 Å². The van der Waals surface area contributed by atoms with E-state index >= 15 is 0 Å². The molecule has 0 aromatic carbocycles. The van der Waals surface area contributed by atoms with Crippen molar-refractivity contribution >= 4 is 27.8 Å². The Bertz CT molecular complexity index is 649. The molecule has 0 bridgehead atoms. The Hall–Kier alpha value is -2.15. The number of amides is 1. The number of aromatic carboxylic acids is 1. The largest absolute Gasteiger partial charge is 0.478 e. The van der Waals surface area contributed by atoms with Gasteiger partial charge in [0.05, 0.1) is 6.54 Å². The van der Waals surface area contributed by atoms with Crippen molar-refractivity contribution < 1.29 is 19.1 Å². The number of halogens is 1. The van der Waals surface area contributed by atoms with Crippen LogP contribution in [0.3, 0.4) is 0 Å². The fourth-order valence-corrected chi connectivity index (χ4v) is 1.85. The lowest BCUT2D eigenvalue weighted by molar-refractivity contribution is 0.0694. The van der Waals surface area contributed by atoms with Crippen LogP contribution in [0.4, 0.5) is 0 Å². The summed E-state index contributed by atoms with van der Waals surface area (Å²) < 4.78 is 6.04. The second kappa shape index (κ2) is 5.87. The lowest BCUT2D eigenvalue weighted by Crippen LogP contribution is -2.23. The zero-order valence-electron chi connectivity index (χ0n) is 10.5. The van der Waals surface area contributed by atoms with E-state index in [1.54, 1.807) is 19.1 Å². The van der Waals surface area contributed by atoms with Gasteiger partial charge in [-0.2, -0.15) is 0 Å². The number of pyridine rings is 1. The van der Waals surface area contributed by atoms with Gasteiger partial charge < -0.3 is 14.8 Å². The fourth-order valence-electron chi connectivity index (χ4n) is 1.61. The van der Waals surface area contributed by atoms with E-state index < -0.39 is 5.97 Å². The number of hydrogen-bond acceptors (Lipinski definition) is 4. The number of carboxylic acids is 1. The molecule has 0 atom stereocenters. The standard InChI is InChI=1S/C13H11BrN2O4/c1-7-10(13(18)19)4-9(20-7)6-16-12(17)11-3-2-8(14)5-15-11/h2-5H,6H2,1H3,(H,16,17)(H,18,19). The summed E-state index contributed by atoms with van der Waals surface area (Å²) in [7, 11) is 0. The minimum Gasteiger partial charge on any atom is -0.478 e. The summed E-state index contributed by atoms with van der Waals surface area (Å²) in [6.45, 7) is 1.66. The first-order valence-electron chi connectivity index (χ1n) is 5.69. The number of rotatable bonds is 4. The summed E-state index contributed by atoms with van der Waals surface area (Å²) >= 11 is 3.23. The van der Waals surface area contributed by atoms with Gasteiger partial charge in [-0.05, 0) is 41.1 Å². The lowest BCUT2D eigenvalue weighted by atomic mass is 10.2. The van der Waals surface area contributed by atoms with Crippen molar-refractivity contribution in [3.05, 3.63) is 51.6 Å². The van der Waals surface area contributed by atoms with Gasteiger partial charge in [-0.3, -0.25) is 4.79 Å². The van der Waals surface area contributed by atoms with Crippen molar-refractivity contribution in [1.82, 2.24) is 10.3 Å². The van der Waals surface area contributed by atoms with Crippen molar-refractivity contribution in [3.8, 4) is 0 Å². The van der Waals surface area contributed by atoms with Crippen LogP contribution in [-0.4, -0.2) is 22.0 Å². The number of nitrogens with one attached hydrogen (secondary N) is 1. The quantitative estimate of drug-likeness (QED) is 0.892. The predicted molar refractivity (Wildman–Crippen MR) is 73.5 cm³/mol. The summed E-state index contributed by atoms with van der Waals surface area (Å²) in [6.07, 6.45) is 1.52. The number of carboxylic acid groups (broad SMARTS) is 1. The van der Waals surface area contributed by atoms with E-state index in [4.69, 9.17) is 9.52 Å². The third kappa shape index (κ3) is 3.24. The molecule has 0 aliphatic carbocycles. The van der Waals surface area contributed by atoms with Gasteiger partial charge in [0.15, 0.2) is 0 Å². The zero-order chi connectivity index (χ0) is 14.7. The molecule has 0 saturated carbocycles. The topological polar surface area (TPSA) is 92.4 Å². The minimum absolute atomic E-state index is 0.0935. The fraction of sp³-hybridized carbons (Fsp3) is 0.154. The van der Waals surface area contributed by atoms with Crippen LogP contribution in [-0.2, 0) is 6.54 Å². The van der Waals surface area contributed by atoms with Crippen molar-refractivity contribution in [3.63, 3.8) is 0 Å². The molecule has 6 nitrogen and oxygen atoms in total. The Morgan fingerprint density at radius 1 is 1.45 bits per heavy atom. The van der Waals surface area contributed by atoms with Gasteiger partial charge in [-0.1, -0.05) is 0 Å². The average Bonchev–Trinajstić information content (AvgIpc) is 2.78. The summed E-state index contributed by atoms with van der Waals surface area (Å²) in [6, 6.07) is 4.68. The van der Waals surface area contributed by atoms with Crippen molar-refractivity contribution in [2.24, 2.45) is 0 Å². The van der Waals surface area contributed by atoms with E-state index in [9.17, 15) is 9.59 Å². The van der Waals surface area contributed by atoms with Crippen LogP contribution >= 0.6 is 15.9 Å². The van der Waals surface area contributed by atoms with Crippen LogP contribution in [0.2, 0.25) is 0 Å². The Balaban J connectivity index is 2.01. The highest BCUT2D eigenvalue weighted by atomic mass is 79.9. The van der Waals surface area contributed by atoms with Crippen molar-refractivity contribution in [1.29, 1.82) is 0 Å². The van der Waals surface area contributed by atoms with E-state index in [1.807, 2.05) is 0 Å². The van der Waals surface area contributed by atoms with Crippen LogP contribution in [0.5, 0.6) is 0 Å². The maximum absolute atomic E-state index is 11.8. The monoisotopic (exact) mass is 338 g/mol. The molecular formula is C13H11BrN2O4. The van der Waals surface area contributed by atoms with Gasteiger partial charge in [-0.15, -0.1) is 0 Å². The average molecular weight is 339 g/mol. The summed E-state index contributed by atoms with van der Waals surface area (Å²) in [5.74, 6) is -0.726. The van der Waals surface area contributed by atoms with Crippen LogP contribution in [0, 0.1) is 6.92 Å². The van der Waals surface area contributed by atoms with Gasteiger partial charge in [-0.25, -0.2) is 9.78 Å². The van der Waals surface area contributed by atoms with Gasteiger partial charge in [0, 0.05) is 10.7 Å². The molecule has 2 N–H and O–H groups in total. The second-order valence-electron chi connectivity index (χ2n) is 4.03. The smallest absolute Gasteiger partial charge is 0.339 e. The molecule has 20 heavy (non-hydrogen) atoms. The Morgan fingerprint density at radius 2 is 2.20 bits per heavy atom. The van der Waals surface area contributed by atoms with Crippen molar-refractivity contribution in [2.75, 3.05) is 0 Å². The zero-order valence-corrected chi connectivity index (χ0v) is 12.1. The maximum atomic E-state index is 11.8. The third-order valence-electron chi connectivity index (χ3n) is 2.58. The molecule has 104 valence electrons. The van der Waals surface area contributed by atoms with Gasteiger partial charge in [0.1, 0.15) is 22.8 Å². The molecule has 2 heterocycles. The second-order valence-corrected chi connectivity index (χ2v) is 4.95. The van der Waals surface area contributed by atoms with Crippen LogP contribution in [0.1, 0.15) is 32.4 Å². The molecule has 7 heteroatoms. The Morgan fingerprint density at radius 3 is 2.75 bits per heavy atom. The first-order valence-corrected chi connectivity index (χ1v) is 6.49. The molecule has 0 unspecified atom stereocenters. The number of nitrogens with zero attached hydrogens (tertiary/aromatic N) is 1. The summed E-state index contributed by atoms with van der Waals surface area (Å²) in [5, 5.41) is 11.5. The molecule has 0 fully saturated rings. The highest BCUT2D eigenvalue weighted by molar-refractivity contribution is 9.10. The molecule has 0 saturated heterocycles. The molecule has 2 rings (SSSR count).